The second kappa shape index (κ2) is 4.66. The van der Waals surface area contributed by atoms with Gasteiger partial charge in [0, 0.05) is 0 Å². The monoisotopic (exact) mass is 229 g/mol. The number of carbonyl (C=O) groups excluding carboxylic acids is 1. The van der Waals surface area contributed by atoms with Crippen LogP contribution in [0.1, 0.15) is 15.9 Å². The Morgan fingerprint density at radius 1 is 1.44 bits per heavy atom. The summed E-state index contributed by atoms with van der Waals surface area (Å²) in [7, 11) is 0. The number of ether oxygens (including phenoxy) is 1. The summed E-state index contributed by atoms with van der Waals surface area (Å²) in [4.78, 5) is 10.5. The van der Waals surface area contributed by atoms with Crippen molar-refractivity contribution in [3.8, 4) is 11.8 Å². The summed E-state index contributed by atoms with van der Waals surface area (Å²) < 4.78 is 39.6. The van der Waals surface area contributed by atoms with Gasteiger partial charge in [-0.15, -0.1) is 13.2 Å². The van der Waals surface area contributed by atoms with Gasteiger partial charge in [0.1, 0.15) is 5.75 Å². The van der Waals surface area contributed by atoms with Crippen molar-refractivity contribution in [1.29, 1.82) is 5.26 Å². The van der Waals surface area contributed by atoms with Crippen LogP contribution in [-0.4, -0.2) is 12.6 Å². The van der Waals surface area contributed by atoms with Crippen molar-refractivity contribution >= 4 is 6.29 Å². The standard InChI is InChI=1S/C10H6F3NO2/c11-10(12,13)16-9-5-7(3-4-14)1-2-8(9)6-15/h1-2,5-6H,3H2. The van der Waals surface area contributed by atoms with Gasteiger partial charge in [0.2, 0.25) is 0 Å². The second-order valence-corrected chi connectivity index (χ2v) is 2.87. The summed E-state index contributed by atoms with van der Waals surface area (Å²) in [5.74, 6) is -0.588. The Balaban J connectivity index is 3.08. The lowest BCUT2D eigenvalue weighted by atomic mass is 10.1. The van der Waals surface area contributed by atoms with Gasteiger partial charge in [-0.1, -0.05) is 6.07 Å². The van der Waals surface area contributed by atoms with Gasteiger partial charge in [0.25, 0.3) is 0 Å². The van der Waals surface area contributed by atoms with Crippen LogP contribution in [0.5, 0.6) is 5.75 Å². The molecule has 3 nitrogen and oxygen atoms in total. The molecular weight excluding hydrogens is 223 g/mol. The van der Waals surface area contributed by atoms with Crippen LogP contribution in [0.4, 0.5) is 13.2 Å². The van der Waals surface area contributed by atoms with Crippen molar-refractivity contribution in [2.45, 2.75) is 12.8 Å². The van der Waals surface area contributed by atoms with Crippen molar-refractivity contribution in [2.75, 3.05) is 0 Å². The maximum Gasteiger partial charge on any atom is 0.573 e. The van der Waals surface area contributed by atoms with E-state index < -0.39 is 12.1 Å². The van der Waals surface area contributed by atoms with Crippen LogP contribution < -0.4 is 4.74 Å². The highest BCUT2D eigenvalue weighted by Crippen LogP contribution is 2.26. The molecule has 6 heteroatoms. The first-order chi connectivity index (χ1) is 7.46. The quantitative estimate of drug-likeness (QED) is 0.748. The predicted octanol–water partition coefficient (Wildman–Crippen LogP) is 2.46. The summed E-state index contributed by atoms with van der Waals surface area (Å²) in [5.41, 5.74) is 0.145. The zero-order chi connectivity index (χ0) is 12.2. The molecule has 84 valence electrons. The molecule has 1 rings (SSSR count). The molecule has 0 bridgehead atoms. The van der Waals surface area contributed by atoms with Crippen molar-refractivity contribution in [3.05, 3.63) is 29.3 Å². The number of rotatable bonds is 3. The lowest BCUT2D eigenvalue weighted by Gasteiger charge is -2.11. The van der Waals surface area contributed by atoms with Crippen LogP contribution in [0.25, 0.3) is 0 Å². The molecule has 0 heterocycles. The lowest BCUT2D eigenvalue weighted by Crippen LogP contribution is -2.18. The summed E-state index contributed by atoms with van der Waals surface area (Å²) >= 11 is 0. The molecule has 0 aliphatic rings. The van der Waals surface area contributed by atoms with E-state index in [1.165, 1.54) is 12.1 Å². The normalized spacial score (nSPS) is 10.6. The van der Waals surface area contributed by atoms with Gasteiger partial charge in [-0.2, -0.15) is 5.26 Å². The molecule has 0 amide bonds. The molecule has 0 spiro atoms. The molecule has 0 aliphatic carbocycles. The molecule has 1 aromatic carbocycles. The Morgan fingerprint density at radius 2 is 2.12 bits per heavy atom. The number of nitrogens with zero attached hydrogens (tertiary/aromatic N) is 1. The number of halogens is 3. The Bertz CT molecular complexity index is 435. The first kappa shape index (κ1) is 12.0. The predicted molar refractivity (Wildman–Crippen MR) is 47.8 cm³/mol. The minimum absolute atomic E-state index is 0.0483. The average Bonchev–Trinajstić information content (AvgIpc) is 2.16. The van der Waals surface area contributed by atoms with Gasteiger partial charge in [0.05, 0.1) is 18.1 Å². The van der Waals surface area contributed by atoms with Crippen molar-refractivity contribution in [3.63, 3.8) is 0 Å². The van der Waals surface area contributed by atoms with Crippen LogP contribution in [0.2, 0.25) is 0 Å². The zero-order valence-electron chi connectivity index (χ0n) is 7.91. The molecular formula is C10H6F3NO2. The maximum absolute atomic E-state index is 12.0. The molecule has 0 radical (unpaired) electrons. The first-order valence-electron chi connectivity index (χ1n) is 4.17. The molecule has 16 heavy (non-hydrogen) atoms. The lowest BCUT2D eigenvalue weighted by molar-refractivity contribution is -0.274. The third-order valence-electron chi connectivity index (χ3n) is 1.71. The average molecular weight is 229 g/mol. The Kier molecular flexibility index (Phi) is 3.51. The van der Waals surface area contributed by atoms with Crippen LogP contribution in [0.3, 0.4) is 0 Å². The first-order valence-corrected chi connectivity index (χ1v) is 4.17. The van der Waals surface area contributed by atoms with E-state index in [1.54, 1.807) is 6.07 Å². The number of nitriles is 1. The second-order valence-electron chi connectivity index (χ2n) is 2.87. The fraction of sp³-hybridized carbons (Fsp3) is 0.200. The number of hydrogen-bond donors (Lipinski definition) is 0. The highest BCUT2D eigenvalue weighted by Gasteiger charge is 2.32. The molecule has 0 unspecified atom stereocenters. The molecule has 0 saturated heterocycles. The minimum Gasteiger partial charge on any atom is -0.405 e. The minimum atomic E-state index is -4.86. The van der Waals surface area contributed by atoms with E-state index in [0.29, 0.717) is 5.56 Å². The van der Waals surface area contributed by atoms with Crippen LogP contribution >= 0.6 is 0 Å². The van der Waals surface area contributed by atoms with Gasteiger partial charge in [0.15, 0.2) is 6.29 Å². The summed E-state index contributed by atoms with van der Waals surface area (Å²) in [6.45, 7) is 0. The number of hydrogen-bond acceptors (Lipinski definition) is 3. The number of carbonyl (C=O) groups is 1. The van der Waals surface area contributed by atoms with E-state index in [4.69, 9.17) is 5.26 Å². The Labute approximate surface area is 89.1 Å². The largest absolute Gasteiger partial charge is 0.573 e. The topological polar surface area (TPSA) is 50.1 Å². The number of aldehydes is 1. The van der Waals surface area contributed by atoms with Crippen LogP contribution in [0, 0.1) is 11.3 Å². The van der Waals surface area contributed by atoms with E-state index in [9.17, 15) is 18.0 Å². The van der Waals surface area contributed by atoms with E-state index >= 15 is 0 Å². The molecule has 0 saturated carbocycles. The maximum atomic E-state index is 12.0. The molecule has 1 aromatic rings. The smallest absolute Gasteiger partial charge is 0.405 e. The molecule has 0 aliphatic heterocycles. The zero-order valence-corrected chi connectivity index (χ0v) is 7.91. The molecule has 0 aromatic heterocycles. The molecule has 0 fully saturated rings. The highest BCUT2D eigenvalue weighted by atomic mass is 19.4. The van der Waals surface area contributed by atoms with E-state index in [1.807, 2.05) is 0 Å². The van der Waals surface area contributed by atoms with Gasteiger partial charge >= 0.3 is 6.36 Å². The molecule has 0 N–H and O–H groups in total. The van der Waals surface area contributed by atoms with Crippen molar-refractivity contribution in [2.24, 2.45) is 0 Å². The summed E-state index contributed by atoms with van der Waals surface area (Å²) in [6, 6.07) is 5.39. The van der Waals surface area contributed by atoms with Crippen LogP contribution in [-0.2, 0) is 6.42 Å². The van der Waals surface area contributed by atoms with E-state index in [-0.39, 0.29) is 18.3 Å². The fourth-order valence-electron chi connectivity index (χ4n) is 1.09. The van der Waals surface area contributed by atoms with Crippen LogP contribution in [0.15, 0.2) is 18.2 Å². The Morgan fingerprint density at radius 3 is 2.62 bits per heavy atom. The third kappa shape index (κ3) is 3.28. The van der Waals surface area contributed by atoms with Gasteiger partial charge in [-0.3, -0.25) is 4.79 Å². The third-order valence-corrected chi connectivity index (χ3v) is 1.71. The molecule has 0 atom stereocenters. The number of benzene rings is 1. The number of alkyl halides is 3. The fourth-order valence-corrected chi connectivity index (χ4v) is 1.09. The van der Waals surface area contributed by atoms with E-state index in [0.717, 1.165) is 6.07 Å². The Hall–Kier alpha value is -2.03. The van der Waals surface area contributed by atoms with Gasteiger partial charge in [-0.25, -0.2) is 0 Å². The highest BCUT2D eigenvalue weighted by molar-refractivity contribution is 5.79. The van der Waals surface area contributed by atoms with Crippen molar-refractivity contribution in [1.82, 2.24) is 0 Å². The van der Waals surface area contributed by atoms with E-state index in [2.05, 4.69) is 4.74 Å². The van der Waals surface area contributed by atoms with Gasteiger partial charge < -0.3 is 4.74 Å². The SMILES string of the molecule is N#CCc1ccc(C=O)c(OC(F)(F)F)c1. The summed E-state index contributed by atoms with van der Waals surface area (Å²) in [6.07, 6.45) is -4.65. The summed E-state index contributed by atoms with van der Waals surface area (Å²) in [5, 5.41) is 8.39. The van der Waals surface area contributed by atoms with Gasteiger partial charge in [-0.05, 0) is 17.7 Å². The van der Waals surface area contributed by atoms with Crippen molar-refractivity contribution < 1.29 is 22.7 Å².